The Labute approximate surface area is 99.9 Å². The normalized spacial score (nSPS) is 11.8. The van der Waals surface area contributed by atoms with Gasteiger partial charge in [0.1, 0.15) is 17.3 Å². The Morgan fingerprint density at radius 2 is 1.94 bits per heavy atom. The summed E-state index contributed by atoms with van der Waals surface area (Å²) < 4.78 is 1.66. The minimum absolute atomic E-state index is 0.143. The van der Waals surface area contributed by atoms with Crippen LogP contribution in [0.1, 0.15) is 26.6 Å². The summed E-state index contributed by atoms with van der Waals surface area (Å²) in [6, 6.07) is 1.73. The second kappa shape index (κ2) is 3.80. The first-order valence-electron chi connectivity index (χ1n) is 5.38. The molecule has 6 heteroatoms. The van der Waals surface area contributed by atoms with E-state index in [0.29, 0.717) is 11.6 Å². The Bertz CT molecular complexity index is 537. The Balaban J connectivity index is 2.57. The van der Waals surface area contributed by atoms with Crippen molar-refractivity contribution in [2.24, 2.45) is 7.05 Å². The molecule has 0 spiro atoms. The van der Waals surface area contributed by atoms with Crippen molar-refractivity contribution in [1.29, 1.82) is 0 Å². The van der Waals surface area contributed by atoms with Gasteiger partial charge in [0.25, 0.3) is 0 Å². The summed E-state index contributed by atoms with van der Waals surface area (Å²) in [4.78, 5) is 8.78. The standard InChI is InChI=1S/C11H16N6/c1-11(2,3)10-14-7(5-9(12)15-10)8-6-13-16-17(8)4/h5-6H,1-4H3,(H2,12,14,15). The lowest BCUT2D eigenvalue weighted by Gasteiger charge is -2.17. The van der Waals surface area contributed by atoms with Crippen LogP contribution >= 0.6 is 0 Å². The number of nitrogen functional groups attached to an aromatic ring is 1. The molecular weight excluding hydrogens is 216 g/mol. The molecular formula is C11H16N6. The van der Waals surface area contributed by atoms with Crippen LogP contribution in [-0.2, 0) is 12.5 Å². The van der Waals surface area contributed by atoms with Crippen LogP contribution < -0.4 is 5.73 Å². The van der Waals surface area contributed by atoms with E-state index in [0.717, 1.165) is 11.4 Å². The van der Waals surface area contributed by atoms with Gasteiger partial charge in [-0.1, -0.05) is 26.0 Å². The second-order valence-electron chi connectivity index (χ2n) is 4.99. The molecule has 0 bridgehead atoms. The van der Waals surface area contributed by atoms with Crippen LogP contribution in [0.2, 0.25) is 0 Å². The highest BCUT2D eigenvalue weighted by Crippen LogP contribution is 2.23. The first kappa shape index (κ1) is 11.5. The van der Waals surface area contributed by atoms with Crippen LogP contribution in [0.3, 0.4) is 0 Å². The number of hydrogen-bond acceptors (Lipinski definition) is 5. The molecule has 6 nitrogen and oxygen atoms in total. The lowest BCUT2D eigenvalue weighted by Crippen LogP contribution is -2.17. The molecule has 2 aromatic rings. The molecule has 0 amide bonds. The summed E-state index contributed by atoms with van der Waals surface area (Å²) in [6.07, 6.45) is 1.66. The summed E-state index contributed by atoms with van der Waals surface area (Å²) >= 11 is 0. The van der Waals surface area contributed by atoms with Crippen molar-refractivity contribution in [2.45, 2.75) is 26.2 Å². The molecule has 2 heterocycles. The van der Waals surface area contributed by atoms with E-state index in [2.05, 4.69) is 20.3 Å². The third-order valence-corrected chi connectivity index (χ3v) is 2.39. The zero-order valence-corrected chi connectivity index (χ0v) is 10.5. The molecule has 0 aromatic carbocycles. The minimum Gasteiger partial charge on any atom is -0.384 e. The largest absolute Gasteiger partial charge is 0.384 e. The number of aryl methyl sites for hydroxylation is 1. The molecule has 0 aliphatic rings. The zero-order chi connectivity index (χ0) is 12.6. The van der Waals surface area contributed by atoms with Gasteiger partial charge in [-0.3, -0.25) is 0 Å². The third kappa shape index (κ3) is 2.25. The van der Waals surface area contributed by atoms with E-state index in [1.165, 1.54) is 0 Å². The monoisotopic (exact) mass is 232 g/mol. The highest BCUT2D eigenvalue weighted by molar-refractivity contribution is 5.57. The number of aromatic nitrogens is 5. The number of nitrogens with two attached hydrogens (primary N) is 1. The van der Waals surface area contributed by atoms with Gasteiger partial charge in [0, 0.05) is 18.5 Å². The van der Waals surface area contributed by atoms with E-state index < -0.39 is 0 Å². The summed E-state index contributed by atoms with van der Waals surface area (Å²) in [5.41, 5.74) is 7.24. The molecule has 0 unspecified atom stereocenters. The van der Waals surface area contributed by atoms with Gasteiger partial charge in [0.2, 0.25) is 0 Å². The maximum absolute atomic E-state index is 5.81. The summed E-state index contributed by atoms with van der Waals surface area (Å²) in [7, 11) is 1.82. The molecule has 0 atom stereocenters. The number of rotatable bonds is 1. The smallest absolute Gasteiger partial charge is 0.136 e. The Morgan fingerprint density at radius 1 is 1.24 bits per heavy atom. The van der Waals surface area contributed by atoms with Crippen molar-refractivity contribution in [2.75, 3.05) is 5.73 Å². The molecule has 2 N–H and O–H groups in total. The lowest BCUT2D eigenvalue weighted by molar-refractivity contribution is 0.546. The average molecular weight is 232 g/mol. The Hall–Kier alpha value is -1.98. The molecule has 2 aromatic heterocycles. The fourth-order valence-corrected chi connectivity index (χ4v) is 1.45. The molecule has 0 aliphatic heterocycles. The third-order valence-electron chi connectivity index (χ3n) is 2.39. The first-order chi connectivity index (χ1) is 7.88. The maximum atomic E-state index is 5.81. The SMILES string of the molecule is Cn1nncc1-c1cc(N)nc(C(C)(C)C)n1. The van der Waals surface area contributed by atoms with E-state index in [1.54, 1.807) is 16.9 Å². The van der Waals surface area contributed by atoms with Gasteiger partial charge in [-0.15, -0.1) is 5.10 Å². The summed E-state index contributed by atoms with van der Waals surface area (Å²) in [6.45, 7) is 6.15. The molecule has 0 fully saturated rings. The summed E-state index contributed by atoms with van der Waals surface area (Å²) in [5.74, 6) is 1.18. The van der Waals surface area contributed by atoms with E-state index in [1.807, 2.05) is 27.8 Å². The van der Waals surface area contributed by atoms with E-state index in [4.69, 9.17) is 5.73 Å². The molecule has 17 heavy (non-hydrogen) atoms. The van der Waals surface area contributed by atoms with Gasteiger partial charge in [0.05, 0.1) is 11.9 Å². The highest BCUT2D eigenvalue weighted by Gasteiger charge is 2.19. The van der Waals surface area contributed by atoms with Crippen molar-refractivity contribution in [3.05, 3.63) is 18.1 Å². The topological polar surface area (TPSA) is 82.5 Å². The maximum Gasteiger partial charge on any atom is 0.136 e. The number of nitrogens with zero attached hydrogens (tertiary/aromatic N) is 5. The average Bonchev–Trinajstić information content (AvgIpc) is 2.62. The van der Waals surface area contributed by atoms with Gasteiger partial charge in [-0.05, 0) is 0 Å². The summed E-state index contributed by atoms with van der Waals surface area (Å²) in [5, 5.41) is 7.71. The van der Waals surface area contributed by atoms with Crippen LogP contribution in [0.5, 0.6) is 0 Å². The molecule has 0 radical (unpaired) electrons. The molecule has 90 valence electrons. The van der Waals surface area contributed by atoms with Crippen molar-refractivity contribution >= 4 is 5.82 Å². The van der Waals surface area contributed by atoms with E-state index in [-0.39, 0.29) is 5.41 Å². The van der Waals surface area contributed by atoms with E-state index in [9.17, 15) is 0 Å². The predicted octanol–water partition coefficient (Wildman–Crippen LogP) is 1.15. The van der Waals surface area contributed by atoms with Crippen LogP contribution in [0, 0.1) is 0 Å². The Kier molecular flexibility index (Phi) is 2.57. The van der Waals surface area contributed by atoms with Gasteiger partial charge in [-0.2, -0.15) is 0 Å². The van der Waals surface area contributed by atoms with Gasteiger partial charge in [-0.25, -0.2) is 14.6 Å². The van der Waals surface area contributed by atoms with Crippen LogP contribution in [-0.4, -0.2) is 25.0 Å². The van der Waals surface area contributed by atoms with Crippen LogP contribution in [0.4, 0.5) is 5.82 Å². The first-order valence-corrected chi connectivity index (χ1v) is 5.38. The van der Waals surface area contributed by atoms with Crippen molar-refractivity contribution in [3.8, 4) is 11.4 Å². The van der Waals surface area contributed by atoms with Crippen LogP contribution in [0.25, 0.3) is 11.4 Å². The fourth-order valence-electron chi connectivity index (χ4n) is 1.45. The van der Waals surface area contributed by atoms with Crippen molar-refractivity contribution in [1.82, 2.24) is 25.0 Å². The highest BCUT2D eigenvalue weighted by atomic mass is 15.4. The molecule has 0 aliphatic carbocycles. The number of anilines is 1. The van der Waals surface area contributed by atoms with Gasteiger partial charge in [0.15, 0.2) is 0 Å². The molecule has 0 saturated carbocycles. The minimum atomic E-state index is -0.143. The van der Waals surface area contributed by atoms with Crippen molar-refractivity contribution in [3.63, 3.8) is 0 Å². The second-order valence-corrected chi connectivity index (χ2v) is 4.99. The number of hydrogen-bond donors (Lipinski definition) is 1. The lowest BCUT2D eigenvalue weighted by atomic mass is 9.95. The van der Waals surface area contributed by atoms with Crippen LogP contribution in [0.15, 0.2) is 12.3 Å². The fraction of sp³-hybridized carbons (Fsp3) is 0.455. The molecule has 2 rings (SSSR count). The van der Waals surface area contributed by atoms with Gasteiger partial charge < -0.3 is 5.73 Å². The zero-order valence-electron chi connectivity index (χ0n) is 10.5. The Morgan fingerprint density at radius 3 is 2.47 bits per heavy atom. The van der Waals surface area contributed by atoms with Gasteiger partial charge >= 0.3 is 0 Å². The predicted molar refractivity (Wildman–Crippen MR) is 65.1 cm³/mol. The van der Waals surface area contributed by atoms with Crippen molar-refractivity contribution < 1.29 is 0 Å². The quantitative estimate of drug-likeness (QED) is 0.797. The molecule has 0 saturated heterocycles. The van der Waals surface area contributed by atoms with E-state index >= 15 is 0 Å².